The van der Waals surface area contributed by atoms with Crippen LogP contribution < -0.4 is 10.0 Å². The van der Waals surface area contributed by atoms with E-state index in [0.717, 1.165) is 25.7 Å². The van der Waals surface area contributed by atoms with Crippen LogP contribution in [0.2, 0.25) is 0 Å². The topological polar surface area (TPSA) is 71.1 Å². The van der Waals surface area contributed by atoms with Crippen molar-refractivity contribution in [1.82, 2.24) is 9.71 Å². The Hall–Kier alpha value is -1.14. The minimum atomic E-state index is -3.53. The molecule has 6 heteroatoms. The second-order valence-electron chi connectivity index (χ2n) is 5.25. The first-order valence-corrected chi connectivity index (χ1v) is 8.18. The van der Waals surface area contributed by atoms with Gasteiger partial charge in [0.1, 0.15) is 10.7 Å². The standard InChI is InChI=1S/C13H21N3O2S/c1-3-14-12-11(7-6-10-15-12)19(17,18)16-13(2)8-4-5-9-13/h6-7,10,16H,3-5,8-9H2,1-2H3,(H,14,15). The van der Waals surface area contributed by atoms with E-state index < -0.39 is 10.0 Å². The minimum absolute atomic E-state index is 0.227. The summed E-state index contributed by atoms with van der Waals surface area (Å²) >= 11 is 0. The second-order valence-corrected chi connectivity index (χ2v) is 6.90. The van der Waals surface area contributed by atoms with Crippen molar-refractivity contribution in [2.24, 2.45) is 0 Å². The number of hydrogen-bond acceptors (Lipinski definition) is 4. The van der Waals surface area contributed by atoms with Gasteiger partial charge in [-0.05, 0) is 38.8 Å². The Morgan fingerprint density at radius 1 is 1.37 bits per heavy atom. The Morgan fingerprint density at radius 2 is 2.05 bits per heavy atom. The lowest BCUT2D eigenvalue weighted by molar-refractivity contribution is 0.427. The zero-order valence-corrected chi connectivity index (χ0v) is 12.3. The second kappa shape index (κ2) is 5.46. The summed E-state index contributed by atoms with van der Waals surface area (Å²) in [6.07, 6.45) is 5.53. The molecule has 19 heavy (non-hydrogen) atoms. The lowest BCUT2D eigenvalue weighted by Gasteiger charge is -2.25. The molecule has 0 atom stereocenters. The minimum Gasteiger partial charge on any atom is -0.369 e. The van der Waals surface area contributed by atoms with Gasteiger partial charge in [-0.25, -0.2) is 18.1 Å². The zero-order chi connectivity index (χ0) is 13.9. The average Bonchev–Trinajstić information content (AvgIpc) is 2.76. The van der Waals surface area contributed by atoms with Crippen molar-refractivity contribution in [3.05, 3.63) is 18.3 Å². The number of sulfonamides is 1. The van der Waals surface area contributed by atoms with E-state index in [0.29, 0.717) is 12.4 Å². The highest BCUT2D eigenvalue weighted by Crippen LogP contribution is 2.31. The van der Waals surface area contributed by atoms with Gasteiger partial charge in [-0.1, -0.05) is 12.8 Å². The van der Waals surface area contributed by atoms with E-state index in [1.807, 2.05) is 13.8 Å². The Balaban J connectivity index is 2.29. The first-order chi connectivity index (χ1) is 8.97. The molecule has 0 bridgehead atoms. The van der Waals surface area contributed by atoms with E-state index >= 15 is 0 Å². The highest BCUT2D eigenvalue weighted by atomic mass is 32.2. The lowest BCUT2D eigenvalue weighted by Crippen LogP contribution is -2.43. The smallest absolute Gasteiger partial charge is 0.244 e. The number of aromatic nitrogens is 1. The van der Waals surface area contributed by atoms with Gasteiger partial charge in [0.2, 0.25) is 10.0 Å². The molecule has 2 N–H and O–H groups in total. The Kier molecular flexibility index (Phi) is 4.10. The fraction of sp³-hybridized carbons (Fsp3) is 0.615. The predicted molar refractivity (Wildman–Crippen MR) is 75.6 cm³/mol. The molecule has 0 saturated heterocycles. The molecular formula is C13H21N3O2S. The molecule has 0 amide bonds. The summed E-state index contributed by atoms with van der Waals surface area (Å²) < 4.78 is 27.8. The summed E-state index contributed by atoms with van der Waals surface area (Å²) in [4.78, 5) is 4.33. The third-order valence-electron chi connectivity index (χ3n) is 3.49. The number of anilines is 1. The maximum atomic E-state index is 12.5. The van der Waals surface area contributed by atoms with Crippen molar-refractivity contribution in [3.63, 3.8) is 0 Å². The number of rotatable bonds is 5. The fourth-order valence-corrected chi connectivity index (χ4v) is 4.14. The van der Waals surface area contributed by atoms with Gasteiger partial charge in [-0.2, -0.15) is 0 Å². The van der Waals surface area contributed by atoms with Crippen molar-refractivity contribution >= 4 is 15.8 Å². The van der Waals surface area contributed by atoms with Crippen molar-refractivity contribution < 1.29 is 8.42 Å². The molecule has 0 aromatic carbocycles. The van der Waals surface area contributed by atoms with E-state index in [9.17, 15) is 8.42 Å². The van der Waals surface area contributed by atoms with Crippen LogP contribution in [0.4, 0.5) is 5.82 Å². The molecule has 0 aliphatic heterocycles. The highest BCUT2D eigenvalue weighted by molar-refractivity contribution is 7.89. The molecule has 0 spiro atoms. The summed E-state index contributed by atoms with van der Waals surface area (Å²) in [6.45, 7) is 4.52. The quantitative estimate of drug-likeness (QED) is 0.868. The molecule has 1 fully saturated rings. The lowest BCUT2D eigenvalue weighted by atomic mass is 10.0. The summed E-state index contributed by atoms with van der Waals surface area (Å²) in [5.41, 5.74) is -0.321. The van der Waals surface area contributed by atoms with Crippen molar-refractivity contribution in [2.75, 3.05) is 11.9 Å². The average molecular weight is 283 g/mol. The van der Waals surface area contributed by atoms with Gasteiger partial charge in [-0.15, -0.1) is 0 Å². The first-order valence-electron chi connectivity index (χ1n) is 6.70. The summed E-state index contributed by atoms with van der Waals surface area (Å²) in [7, 11) is -3.53. The Morgan fingerprint density at radius 3 is 2.68 bits per heavy atom. The van der Waals surface area contributed by atoms with Crippen LogP contribution in [0.25, 0.3) is 0 Å². The maximum absolute atomic E-state index is 12.5. The van der Waals surface area contributed by atoms with E-state index in [-0.39, 0.29) is 10.4 Å². The molecule has 1 aromatic heterocycles. The van der Waals surface area contributed by atoms with Gasteiger partial charge >= 0.3 is 0 Å². The molecule has 1 aliphatic carbocycles. The molecule has 1 aliphatic rings. The van der Waals surface area contributed by atoms with Crippen LogP contribution in [0.3, 0.4) is 0 Å². The van der Waals surface area contributed by atoms with E-state index in [1.165, 1.54) is 0 Å². The molecule has 5 nitrogen and oxygen atoms in total. The van der Waals surface area contributed by atoms with Crippen molar-refractivity contribution in [2.45, 2.75) is 50.0 Å². The van der Waals surface area contributed by atoms with Crippen LogP contribution in [0.1, 0.15) is 39.5 Å². The SMILES string of the molecule is CCNc1ncccc1S(=O)(=O)NC1(C)CCCC1. The molecular weight excluding hydrogens is 262 g/mol. The van der Waals surface area contributed by atoms with Crippen LogP contribution in [-0.2, 0) is 10.0 Å². The van der Waals surface area contributed by atoms with Crippen molar-refractivity contribution in [1.29, 1.82) is 0 Å². The Bertz CT molecular complexity index is 537. The van der Waals surface area contributed by atoms with E-state index in [2.05, 4.69) is 15.0 Å². The Labute approximate surface area is 114 Å². The summed E-state index contributed by atoms with van der Waals surface area (Å²) in [5.74, 6) is 0.416. The van der Waals surface area contributed by atoms with Gasteiger partial charge in [0, 0.05) is 18.3 Å². The van der Waals surface area contributed by atoms with Gasteiger partial charge in [0.05, 0.1) is 0 Å². The number of hydrogen-bond donors (Lipinski definition) is 2. The zero-order valence-electron chi connectivity index (χ0n) is 11.4. The molecule has 1 aromatic rings. The van der Waals surface area contributed by atoms with Crippen LogP contribution in [0, 0.1) is 0 Å². The predicted octanol–water partition coefficient (Wildman–Crippen LogP) is 2.12. The van der Waals surface area contributed by atoms with Crippen LogP contribution in [-0.4, -0.2) is 25.5 Å². The summed E-state index contributed by atoms with van der Waals surface area (Å²) in [6, 6.07) is 3.23. The normalized spacial score (nSPS) is 18.4. The summed E-state index contributed by atoms with van der Waals surface area (Å²) in [5, 5.41) is 2.99. The van der Waals surface area contributed by atoms with Gasteiger partial charge < -0.3 is 5.32 Å². The van der Waals surface area contributed by atoms with E-state index in [4.69, 9.17) is 0 Å². The molecule has 106 valence electrons. The molecule has 0 radical (unpaired) electrons. The third kappa shape index (κ3) is 3.25. The highest BCUT2D eigenvalue weighted by Gasteiger charge is 2.34. The van der Waals surface area contributed by atoms with Gasteiger partial charge in [0.25, 0.3) is 0 Å². The third-order valence-corrected chi connectivity index (χ3v) is 5.16. The number of nitrogens with zero attached hydrogens (tertiary/aromatic N) is 1. The maximum Gasteiger partial charge on any atom is 0.244 e. The molecule has 1 heterocycles. The molecule has 2 rings (SSSR count). The number of pyridine rings is 1. The molecule has 1 saturated carbocycles. The molecule has 0 unspecified atom stereocenters. The van der Waals surface area contributed by atoms with Crippen LogP contribution in [0.15, 0.2) is 23.2 Å². The monoisotopic (exact) mass is 283 g/mol. The van der Waals surface area contributed by atoms with Gasteiger partial charge in [0.15, 0.2) is 0 Å². The van der Waals surface area contributed by atoms with E-state index in [1.54, 1.807) is 18.3 Å². The van der Waals surface area contributed by atoms with Crippen LogP contribution >= 0.6 is 0 Å². The van der Waals surface area contributed by atoms with Gasteiger partial charge in [-0.3, -0.25) is 0 Å². The van der Waals surface area contributed by atoms with Crippen LogP contribution in [0.5, 0.6) is 0 Å². The number of nitrogens with one attached hydrogen (secondary N) is 2. The largest absolute Gasteiger partial charge is 0.369 e. The first kappa shape index (κ1) is 14.3. The van der Waals surface area contributed by atoms with Crippen molar-refractivity contribution in [3.8, 4) is 0 Å². The fourth-order valence-electron chi connectivity index (χ4n) is 2.54.